The molecule has 0 radical (unpaired) electrons. The fourth-order valence-electron chi connectivity index (χ4n) is 9.55. The van der Waals surface area contributed by atoms with Crippen molar-refractivity contribution in [3.8, 4) is 69.0 Å². The highest BCUT2D eigenvalue weighted by Crippen LogP contribution is 2.67. The van der Waals surface area contributed by atoms with Crippen molar-refractivity contribution in [1.82, 2.24) is 0 Å². The first kappa shape index (κ1) is 35.9. The smallest absolute Gasteiger partial charge is 0.305 e. The molecule has 15 nitrogen and oxygen atoms in total. The third-order valence-corrected chi connectivity index (χ3v) is 12.2. The van der Waals surface area contributed by atoms with Gasteiger partial charge in [-0.2, -0.15) is 0 Å². The Labute approximate surface area is 338 Å². The average molecular weight is 815 g/mol. The molecular formula is C45H34O15. The number of ether oxygens (including phenoxy) is 5. The normalized spacial score (nSPS) is 27.4. The molecule has 6 aromatic rings. The Morgan fingerprint density at radius 2 is 0.917 bits per heavy atom. The summed E-state index contributed by atoms with van der Waals surface area (Å²) >= 11 is 0. The van der Waals surface area contributed by atoms with E-state index in [-0.39, 0.29) is 103 Å². The highest BCUT2D eigenvalue weighted by atomic mass is 16.7. The molecule has 5 aliphatic rings. The minimum Gasteiger partial charge on any atom is -0.508 e. The van der Waals surface area contributed by atoms with Gasteiger partial charge in [0.1, 0.15) is 87.3 Å². The van der Waals surface area contributed by atoms with E-state index in [1.807, 2.05) is 0 Å². The van der Waals surface area contributed by atoms with Crippen LogP contribution in [-0.2, 0) is 18.0 Å². The van der Waals surface area contributed by atoms with Gasteiger partial charge in [0.25, 0.3) is 0 Å². The Morgan fingerprint density at radius 1 is 0.450 bits per heavy atom. The van der Waals surface area contributed by atoms with Crippen molar-refractivity contribution in [1.29, 1.82) is 0 Å². The van der Waals surface area contributed by atoms with Crippen molar-refractivity contribution in [2.75, 3.05) is 0 Å². The Bertz CT molecular complexity index is 2770. The molecule has 0 saturated heterocycles. The number of phenols is 7. The van der Waals surface area contributed by atoms with E-state index in [9.17, 15) is 51.1 Å². The lowest BCUT2D eigenvalue weighted by molar-refractivity contribution is -0.227. The van der Waals surface area contributed by atoms with Crippen LogP contribution in [0.25, 0.3) is 0 Å². The maximum Gasteiger partial charge on any atom is 0.305 e. The Kier molecular flexibility index (Phi) is 7.29. The number of hydrogen-bond acceptors (Lipinski definition) is 15. The summed E-state index contributed by atoms with van der Waals surface area (Å²) < 4.78 is 33.0. The summed E-state index contributed by atoms with van der Waals surface area (Å²) in [6, 6.07) is 22.2. The number of aromatic hydroxyl groups is 7. The quantitative estimate of drug-likeness (QED) is 0.114. The number of phenolic OH excluding ortho intramolecular Hbond substituents is 7. The molecule has 11 rings (SSSR count). The van der Waals surface area contributed by atoms with Gasteiger partial charge in [-0.1, -0.05) is 12.1 Å². The number of aliphatic hydroxyl groups is 3. The number of hydrogen-bond donors (Lipinski definition) is 10. The minimum absolute atomic E-state index is 0.00846. The molecule has 60 heavy (non-hydrogen) atoms. The number of rotatable bonds is 3. The molecule has 5 aliphatic heterocycles. The first-order valence-corrected chi connectivity index (χ1v) is 19.0. The molecule has 0 saturated carbocycles. The molecule has 8 atom stereocenters. The molecular weight excluding hydrogens is 780 g/mol. The summed E-state index contributed by atoms with van der Waals surface area (Å²) in [5.74, 6) is -8.82. The first-order chi connectivity index (χ1) is 28.8. The van der Waals surface area contributed by atoms with E-state index >= 15 is 0 Å². The zero-order valence-corrected chi connectivity index (χ0v) is 30.9. The SMILES string of the molecule is Oc1ccc([C@H]2Oc3c(c(O)cc4c3[C@H]3c5c(O)cc6c(c5O[C@@](c5ccc(O)cc5)(O4)[C@@H]3O)[C@H]3c4c(O)cc(O)cc4O[C@@](c4ccc(O)cc4)(O6)[C@H]3O)C[C@@H]2O)cc1. The van der Waals surface area contributed by atoms with Crippen LogP contribution in [0.3, 0.4) is 0 Å². The average Bonchev–Trinajstić information content (AvgIpc) is 3.20. The summed E-state index contributed by atoms with van der Waals surface area (Å²) in [6.45, 7) is 0. The van der Waals surface area contributed by atoms with Crippen LogP contribution in [0.4, 0.5) is 0 Å². The van der Waals surface area contributed by atoms with Crippen LogP contribution in [0.15, 0.2) is 97.1 Å². The summed E-state index contributed by atoms with van der Waals surface area (Å²) in [7, 11) is 0. The second kappa shape index (κ2) is 12.2. The third-order valence-electron chi connectivity index (χ3n) is 12.2. The highest BCUT2D eigenvalue weighted by Gasteiger charge is 2.64. The van der Waals surface area contributed by atoms with Gasteiger partial charge in [0.05, 0.1) is 17.9 Å². The lowest BCUT2D eigenvalue weighted by Gasteiger charge is -2.53. The summed E-state index contributed by atoms with van der Waals surface area (Å²) in [5, 5.41) is 113. The molecule has 0 amide bonds. The predicted octanol–water partition coefficient (Wildman–Crippen LogP) is 4.92. The molecule has 0 unspecified atom stereocenters. The van der Waals surface area contributed by atoms with E-state index in [1.54, 1.807) is 12.1 Å². The molecule has 304 valence electrons. The topological polar surface area (TPSA) is 248 Å². The van der Waals surface area contributed by atoms with Gasteiger partial charge in [-0.15, -0.1) is 0 Å². The monoisotopic (exact) mass is 814 g/mol. The number of aliphatic hydroxyl groups excluding tert-OH is 3. The van der Waals surface area contributed by atoms with Crippen molar-refractivity contribution in [2.24, 2.45) is 0 Å². The van der Waals surface area contributed by atoms with Crippen LogP contribution < -0.4 is 23.7 Å². The summed E-state index contributed by atoms with van der Waals surface area (Å²) in [6.07, 6.45) is -5.65. The van der Waals surface area contributed by atoms with Gasteiger partial charge in [-0.25, -0.2) is 0 Å². The van der Waals surface area contributed by atoms with Gasteiger partial charge in [-0.3, -0.25) is 0 Å². The maximum absolute atomic E-state index is 12.7. The fraction of sp³-hybridized carbons (Fsp3) is 0.200. The van der Waals surface area contributed by atoms with E-state index in [1.165, 1.54) is 78.9 Å². The minimum atomic E-state index is -2.19. The van der Waals surface area contributed by atoms with Crippen molar-refractivity contribution < 1.29 is 74.7 Å². The van der Waals surface area contributed by atoms with Gasteiger partial charge in [-0.05, 0) is 66.2 Å². The lowest BCUT2D eigenvalue weighted by atomic mass is 9.70. The Hall–Kier alpha value is -7.20. The summed E-state index contributed by atoms with van der Waals surface area (Å²) in [5.41, 5.74) is 1.40. The van der Waals surface area contributed by atoms with Gasteiger partial charge in [0.15, 0.2) is 0 Å². The molecule has 0 fully saturated rings. The van der Waals surface area contributed by atoms with E-state index in [4.69, 9.17) is 23.7 Å². The second-order valence-corrected chi connectivity index (χ2v) is 15.6. The van der Waals surface area contributed by atoms with Crippen LogP contribution in [0.2, 0.25) is 0 Å². The molecule has 15 heteroatoms. The number of benzene rings is 6. The predicted molar refractivity (Wildman–Crippen MR) is 205 cm³/mol. The van der Waals surface area contributed by atoms with Gasteiger partial charge in [0.2, 0.25) is 0 Å². The summed E-state index contributed by atoms with van der Waals surface area (Å²) in [4.78, 5) is 0. The standard InChI is InChI=1S/C45H34O15/c46-21-7-1-18(2-8-21)39-29(53)15-25-26(50)16-31-35(40(25)56-39)38-34-28(52)17-32-36(41(34)60-45(59-31,43(38)55)20-5-11-23(48)12-6-20)37-33-27(51)13-24(49)14-30(33)57-44(58-32,42(37)54)19-3-9-22(47)10-4-19/h1-14,16-17,29,37-39,42-43,46-55H,15H2/t29-,37+,38+,39+,42-,43+,44-,45+/m0/s1. The van der Waals surface area contributed by atoms with Gasteiger partial charge >= 0.3 is 11.6 Å². The van der Waals surface area contributed by atoms with Crippen molar-refractivity contribution in [3.05, 3.63) is 142 Å². The highest BCUT2D eigenvalue weighted by molar-refractivity contribution is 5.73. The van der Waals surface area contributed by atoms with Crippen LogP contribution >= 0.6 is 0 Å². The Morgan fingerprint density at radius 3 is 1.50 bits per heavy atom. The van der Waals surface area contributed by atoms with E-state index < -0.39 is 59.3 Å². The zero-order valence-electron chi connectivity index (χ0n) is 30.9. The molecule has 5 heterocycles. The van der Waals surface area contributed by atoms with Crippen molar-refractivity contribution >= 4 is 0 Å². The molecule has 6 aromatic carbocycles. The van der Waals surface area contributed by atoms with E-state index in [2.05, 4.69) is 0 Å². The molecule has 0 aromatic heterocycles. The van der Waals surface area contributed by atoms with Crippen LogP contribution in [-0.4, -0.2) is 69.4 Å². The van der Waals surface area contributed by atoms with Crippen LogP contribution in [0, 0.1) is 0 Å². The van der Waals surface area contributed by atoms with Crippen molar-refractivity contribution in [3.63, 3.8) is 0 Å². The van der Waals surface area contributed by atoms with Gasteiger partial charge < -0.3 is 74.7 Å². The molecule has 0 aliphatic carbocycles. The van der Waals surface area contributed by atoms with Crippen LogP contribution in [0.1, 0.15) is 62.4 Å². The van der Waals surface area contributed by atoms with Gasteiger partial charge in [0, 0.05) is 69.6 Å². The largest absolute Gasteiger partial charge is 0.508 e. The molecule has 0 spiro atoms. The fourth-order valence-corrected chi connectivity index (χ4v) is 9.55. The van der Waals surface area contributed by atoms with E-state index in [0.29, 0.717) is 5.56 Å². The Balaban J connectivity index is 1.19. The number of fused-ring (bicyclic) bond motifs is 15. The van der Waals surface area contributed by atoms with Crippen molar-refractivity contribution in [2.45, 2.75) is 54.2 Å². The molecule has 10 N–H and O–H groups in total. The first-order valence-electron chi connectivity index (χ1n) is 19.0. The second-order valence-electron chi connectivity index (χ2n) is 15.6. The third kappa shape index (κ3) is 4.75. The lowest BCUT2D eigenvalue weighted by Crippen LogP contribution is -2.59. The molecule has 4 bridgehead atoms. The maximum atomic E-state index is 12.7. The van der Waals surface area contributed by atoms with Crippen LogP contribution in [0.5, 0.6) is 69.0 Å². The van der Waals surface area contributed by atoms with E-state index in [0.717, 1.165) is 6.07 Å². The zero-order chi connectivity index (χ0) is 41.6.